The maximum Gasteiger partial charge on any atom is 0.188 e. The Balaban J connectivity index is 0.00000361. The quantitative estimate of drug-likeness (QED) is 0.352. The number of rotatable bonds is 7. The molecule has 0 radical (unpaired) electrons. The maximum atomic E-state index is 9.26. The van der Waals surface area contributed by atoms with Gasteiger partial charge in [-0.1, -0.05) is 33.1 Å². The molecule has 20 heavy (non-hydrogen) atoms. The summed E-state index contributed by atoms with van der Waals surface area (Å²) in [6, 6.07) is 0. The van der Waals surface area contributed by atoms with Gasteiger partial charge in [-0.15, -0.1) is 24.0 Å². The third-order valence-corrected chi connectivity index (χ3v) is 4.17. The molecule has 0 bridgehead atoms. The molecular formula is C15H32IN3O. The molecule has 0 saturated heterocycles. The van der Waals surface area contributed by atoms with E-state index in [-0.39, 0.29) is 36.0 Å². The van der Waals surface area contributed by atoms with Crippen molar-refractivity contribution in [1.29, 1.82) is 0 Å². The third-order valence-electron chi connectivity index (χ3n) is 4.17. The molecule has 4 N–H and O–H groups in total. The zero-order chi connectivity index (χ0) is 14.1. The molecule has 0 aromatic carbocycles. The average Bonchev–Trinajstić information content (AvgIpc) is 2.38. The fraction of sp³-hybridized carbons (Fsp3) is 0.933. The fourth-order valence-corrected chi connectivity index (χ4v) is 2.82. The van der Waals surface area contributed by atoms with Gasteiger partial charge in [0.25, 0.3) is 0 Å². The molecule has 1 aliphatic rings. The second-order valence-corrected chi connectivity index (χ2v) is 6.35. The molecule has 0 unspecified atom stereocenters. The summed E-state index contributed by atoms with van der Waals surface area (Å²) in [4.78, 5) is 4.51. The first kappa shape index (κ1) is 20.0. The first-order chi connectivity index (χ1) is 9.08. The summed E-state index contributed by atoms with van der Waals surface area (Å²) < 4.78 is 0. The first-order valence-corrected chi connectivity index (χ1v) is 7.73. The second-order valence-electron chi connectivity index (χ2n) is 6.35. The van der Waals surface area contributed by atoms with Crippen LogP contribution in [0, 0.1) is 11.3 Å². The molecule has 0 aromatic rings. The Bertz CT molecular complexity index is 271. The zero-order valence-electron chi connectivity index (χ0n) is 13.0. The highest BCUT2D eigenvalue weighted by Crippen LogP contribution is 2.39. The van der Waals surface area contributed by atoms with Crippen molar-refractivity contribution in [1.82, 2.24) is 5.32 Å². The number of aliphatic hydroxyl groups is 1. The van der Waals surface area contributed by atoms with Gasteiger partial charge in [-0.05, 0) is 37.0 Å². The number of nitrogens with zero attached hydrogens (tertiary/aromatic N) is 1. The number of nitrogens with one attached hydrogen (secondary N) is 1. The van der Waals surface area contributed by atoms with Crippen molar-refractivity contribution < 1.29 is 5.11 Å². The Morgan fingerprint density at radius 3 is 2.50 bits per heavy atom. The van der Waals surface area contributed by atoms with E-state index >= 15 is 0 Å². The molecule has 4 nitrogen and oxygen atoms in total. The van der Waals surface area contributed by atoms with E-state index < -0.39 is 0 Å². The Morgan fingerprint density at radius 2 is 1.95 bits per heavy atom. The van der Waals surface area contributed by atoms with E-state index in [9.17, 15) is 5.11 Å². The molecule has 1 saturated carbocycles. The predicted octanol–water partition coefficient (Wildman–Crippen LogP) is 2.89. The van der Waals surface area contributed by atoms with Gasteiger partial charge >= 0.3 is 0 Å². The van der Waals surface area contributed by atoms with Crippen molar-refractivity contribution in [3.05, 3.63) is 0 Å². The largest absolute Gasteiger partial charge is 0.396 e. The van der Waals surface area contributed by atoms with Gasteiger partial charge in [-0.2, -0.15) is 0 Å². The van der Waals surface area contributed by atoms with Crippen LogP contribution in [0.5, 0.6) is 0 Å². The lowest BCUT2D eigenvalue weighted by molar-refractivity contribution is 0.137. The summed E-state index contributed by atoms with van der Waals surface area (Å²) in [5.41, 5.74) is 6.10. The second kappa shape index (κ2) is 10.7. The number of hydrogen-bond donors (Lipinski definition) is 3. The Kier molecular flexibility index (Phi) is 10.6. The van der Waals surface area contributed by atoms with Crippen LogP contribution in [-0.2, 0) is 0 Å². The monoisotopic (exact) mass is 397 g/mol. The summed E-state index contributed by atoms with van der Waals surface area (Å²) in [6.45, 7) is 6.31. The van der Waals surface area contributed by atoms with Crippen molar-refractivity contribution in [2.24, 2.45) is 22.1 Å². The SMILES string of the molecule is CC(C)CCNC(N)=NCC1(CCO)CCCCC1.I. The van der Waals surface area contributed by atoms with E-state index in [1.807, 2.05) is 0 Å². The summed E-state index contributed by atoms with van der Waals surface area (Å²) in [6.07, 6.45) is 8.16. The molecule has 0 amide bonds. The molecule has 1 fully saturated rings. The molecule has 1 rings (SSSR count). The minimum Gasteiger partial charge on any atom is -0.396 e. The lowest BCUT2D eigenvalue weighted by Gasteiger charge is -2.35. The summed E-state index contributed by atoms with van der Waals surface area (Å²) in [7, 11) is 0. The van der Waals surface area contributed by atoms with Gasteiger partial charge in [0.1, 0.15) is 0 Å². The van der Waals surface area contributed by atoms with E-state index in [2.05, 4.69) is 24.2 Å². The van der Waals surface area contributed by atoms with Gasteiger partial charge in [0, 0.05) is 19.7 Å². The van der Waals surface area contributed by atoms with Crippen molar-refractivity contribution >= 4 is 29.9 Å². The highest BCUT2D eigenvalue weighted by Gasteiger charge is 2.31. The molecule has 0 heterocycles. The van der Waals surface area contributed by atoms with Crippen LogP contribution in [0.1, 0.15) is 58.8 Å². The van der Waals surface area contributed by atoms with Crippen molar-refractivity contribution in [3.8, 4) is 0 Å². The standard InChI is InChI=1S/C15H31N3O.HI/c1-13(2)6-10-17-14(16)18-12-15(9-11-19)7-4-3-5-8-15;/h13,19H,3-12H2,1-2H3,(H3,16,17,18);1H. The molecule has 0 spiro atoms. The molecule has 0 atom stereocenters. The van der Waals surface area contributed by atoms with Gasteiger partial charge in [0.05, 0.1) is 0 Å². The lowest BCUT2D eigenvalue weighted by atomic mass is 9.72. The van der Waals surface area contributed by atoms with Crippen LogP contribution in [-0.4, -0.2) is 30.8 Å². The molecule has 0 aliphatic heterocycles. The van der Waals surface area contributed by atoms with Crippen LogP contribution >= 0.6 is 24.0 Å². The summed E-state index contributed by atoms with van der Waals surface area (Å²) in [5.74, 6) is 1.24. The molecular weight excluding hydrogens is 365 g/mol. The third kappa shape index (κ3) is 7.67. The van der Waals surface area contributed by atoms with Crippen LogP contribution in [0.15, 0.2) is 4.99 Å². The minimum atomic E-state index is 0. The van der Waals surface area contributed by atoms with Gasteiger partial charge in [-0.25, -0.2) is 0 Å². The fourth-order valence-electron chi connectivity index (χ4n) is 2.82. The maximum absolute atomic E-state index is 9.26. The Morgan fingerprint density at radius 1 is 1.30 bits per heavy atom. The number of nitrogens with two attached hydrogens (primary N) is 1. The number of hydrogen-bond acceptors (Lipinski definition) is 2. The van der Waals surface area contributed by atoms with Crippen LogP contribution in [0.25, 0.3) is 0 Å². The van der Waals surface area contributed by atoms with Gasteiger partial charge in [0.2, 0.25) is 0 Å². The van der Waals surface area contributed by atoms with E-state index in [1.165, 1.54) is 32.1 Å². The van der Waals surface area contributed by atoms with Gasteiger partial charge in [0.15, 0.2) is 5.96 Å². The molecule has 120 valence electrons. The van der Waals surface area contributed by atoms with Crippen LogP contribution in [0.2, 0.25) is 0 Å². The predicted molar refractivity (Wildman–Crippen MR) is 96.6 cm³/mol. The van der Waals surface area contributed by atoms with Crippen LogP contribution in [0.4, 0.5) is 0 Å². The minimum absolute atomic E-state index is 0. The van der Waals surface area contributed by atoms with Crippen LogP contribution < -0.4 is 11.1 Å². The normalized spacial score (nSPS) is 18.7. The molecule has 5 heteroatoms. The number of aliphatic imine (C=N–C) groups is 1. The van der Waals surface area contributed by atoms with Crippen molar-refractivity contribution in [2.75, 3.05) is 19.7 Å². The van der Waals surface area contributed by atoms with Gasteiger partial charge < -0.3 is 16.2 Å². The van der Waals surface area contributed by atoms with E-state index in [0.717, 1.165) is 25.9 Å². The lowest BCUT2D eigenvalue weighted by Crippen LogP contribution is -2.36. The number of aliphatic hydroxyl groups excluding tert-OH is 1. The van der Waals surface area contributed by atoms with E-state index in [1.54, 1.807) is 0 Å². The van der Waals surface area contributed by atoms with E-state index in [0.29, 0.717) is 11.9 Å². The molecule has 0 aromatic heterocycles. The summed E-state index contributed by atoms with van der Waals surface area (Å²) >= 11 is 0. The molecule has 1 aliphatic carbocycles. The Hall–Kier alpha value is -0.0400. The highest BCUT2D eigenvalue weighted by molar-refractivity contribution is 14.0. The number of guanidine groups is 1. The zero-order valence-corrected chi connectivity index (χ0v) is 15.4. The van der Waals surface area contributed by atoms with Gasteiger partial charge in [-0.3, -0.25) is 4.99 Å². The van der Waals surface area contributed by atoms with Crippen molar-refractivity contribution in [2.45, 2.75) is 58.8 Å². The smallest absolute Gasteiger partial charge is 0.188 e. The average molecular weight is 397 g/mol. The van der Waals surface area contributed by atoms with E-state index in [4.69, 9.17) is 5.73 Å². The first-order valence-electron chi connectivity index (χ1n) is 7.73. The number of halogens is 1. The van der Waals surface area contributed by atoms with Crippen LogP contribution in [0.3, 0.4) is 0 Å². The highest BCUT2D eigenvalue weighted by atomic mass is 127. The topological polar surface area (TPSA) is 70.6 Å². The summed E-state index contributed by atoms with van der Waals surface area (Å²) in [5, 5.41) is 12.4. The Labute approximate surface area is 141 Å². The van der Waals surface area contributed by atoms with Crippen molar-refractivity contribution in [3.63, 3.8) is 0 Å².